The molecule has 0 spiro atoms. The van der Waals surface area contributed by atoms with E-state index < -0.39 is 0 Å². The number of benzene rings is 2. The highest BCUT2D eigenvalue weighted by atomic mass is 32.1. The lowest BCUT2D eigenvalue weighted by molar-refractivity contribution is 0.304. The van der Waals surface area contributed by atoms with Crippen LogP contribution in [0.5, 0.6) is 5.75 Å². The van der Waals surface area contributed by atoms with E-state index in [1.807, 2.05) is 37.3 Å². The molecule has 0 amide bonds. The van der Waals surface area contributed by atoms with Crippen molar-refractivity contribution in [2.24, 2.45) is 0 Å². The van der Waals surface area contributed by atoms with Crippen LogP contribution in [-0.4, -0.2) is 26.2 Å². The molecule has 7 rings (SSSR count). The number of nitrogens with zero attached hydrogens (tertiary/aromatic N) is 8. The molecule has 5 heterocycles. The molecule has 0 bridgehead atoms. The van der Waals surface area contributed by atoms with Crippen LogP contribution in [0, 0.1) is 88.7 Å². The first-order chi connectivity index (χ1) is 34.9. The predicted molar refractivity (Wildman–Crippen MR) is 307 cm³/mol. The number of allylic oxidation sites excluding steroid dienone is 14. The van der Waals surface area contributed by atoms with Gasteiger partial charge in [-0.2, -0.15) is 21.0 Å². The molecule has 4 aromatic rings. The lowest BCUT2D eigenvalue weighted by atomic mass is 10.0. The molecule has 76 heavy (non-hydrogen) atoms. The van der Waals surface area contributed by atoms with Gasteiger partial charge < -0.3 is 32.8 Å². The molecule has 396 valence electrons. The highest BCUT2D eigenvalue weighted by molar-refractivity contribution is 7.71. The van der Waals surface area contributed by atoms with E-state index >= 15 is 0 Å². The first kappa shape index (κ1) is 66.9. The van der Waals surface area contributed by atoms with Gasteiger partial charge in [-0.25, -0.2) is 10.1 Å². The summed E-state index contributed by atoms with van der Waals surface area (Å²) in [6.45, 7) is 32.2. The number of hydrogen-bond donors (Lipinski definition) is 0. The van der Waals surface area contributed by atoms with Crippen molar-refractivity contribution in [2.75, 3.05) is 36.0 Å². The number of hydrogen-bond acceptors (Lipinski definition) is 14. The summed E-state index contributed by atoms with van der Waals surface area (Å²) in [5.41, 5.74) is 7.82. The Morgan fingerprint density at radius 3 is 1.66 bits per heavy atom. The smallest absolute Gasteiger partial charge is 0.269 e. The number of aryl methyl sites for hydroxylation is 3. The summed E-state index contributed by atoms with van der Waals surface area (Å²) in [4.78, 5) is 18.3. The molecule has 2 aromatic carbocycles. The first-order valence-electron chi connectivity index (χ1n) is 23.2. The number of fused-ring (bicyclic) bond motifs is 2. The third-order valence-electron chi connectivity index (χ3n) is 10.6. The molecule has 0 unspecified atom stereocenters. The second kappa shape index (κ2) is 33.6. The number of anilines is 2. The number of rotatable bonds is 7. The lowest BCUT2D eigenvalue weighted by Crippen LogP contribution is -2.21. The van der Waals surface area contributed by atoms with Gasteiger partial charge in [0.1, 0.15) is 64.3 Å². The van der Waals surface area contributed by atoms with Crippen LogP contribution >= 0.6 is 12.2 Å². The fourth-order valence-electron chi connectivity index (χ4n) is 7.37. The standard InChI is InChI=1S/C24H23N3O2.C14H17NOS.C10H8N2O.C7H8O2.C3H2N2.3CH4/c1-5-27(6-2)20-7-8-23-16(3)9-21(29-24(23)12-20)13-22-11-18(10-17(4)28-22)19(14-25)15-26;1-4-15(5-2)11-6-7-12-10(3)8-14(17)16-13(12)9-11;1-7-4-9(5-8(2)13-7)10(6-11)12-3;1-5-3-7(8)4-6(2)9-5;4-2-1-3-5;;;/h7-13H,5-6H2,1-4H3;6-9H,4-5H2,1-3H3;4-5H,1-2H3;3-4H,1-2H3;1H2;3*1H4/b21-13+;;;;;;;. The van der Waals surface area contributed by atoms with Crippen LogP contribution in [0.25, 0.3) is 21.4 Å². The fraction of sp³-hybridized carbons (Fsp3) is 0.311. The number of nitriles is 5. The minimum atomic E-state index is 0. The van der Waals surface area contributed by atoms with Crippen molar-refractivity contribution in [2.45, 2.75) is 105 Å². The zero-order chi connectivity index (χ0) is 54.2. The Balaban J connectivity index is 0.00000102. The summed E-state index contributed by atoms with van der Waals surface area (Å²) < 4.78 is 28.3. The average molecular weight is 1040 g/mol. The highest BCUT2D eigenvalue weighted by Crippen LogP contribution is 2.37. The molecule has 0 N–H and O–H groups in total. The van der Waals surface area contributed by atoms with Gasteiger partial charge in [0.15, 0.2) is 10.1 Å². The molecular formula is C61H70N8O6S. The maximum atomic E-state index is 10.7. The molecule has 0 atom stereocenters. The van der Waals surface area contributed by atoms with Crippen molar-refractivity contribution >= 4 is 40.1 Å². The van der Waals surface area contributed by atoms with E-state index in [1.165, 1.54) is 23.4 Å². The van der Waals surface area contributed by atoms with Gasteiger partial charge in [0, 0.05) is 84.4 Å². The molecule has 15 heteroatoms. The third kappa shape index (κ3) is 20.1. The quantitative estimate of drug-likeness (QED) is 0.0961. The summed E-state index contributed by atoms with van der Waals surface area (Å²) >= 11 is 5.11. The third-order valence-corrected chi connectivity index (χ3v) is 10.8. The van der Waals surface area contributed by atoms with Crippen LogP contribution < -0.4 is 20.0 Å². The predicted octanol–water partition coefficient (Wildman–Crippen LogP) is 15.8. The average Bonchev–Trinajstić information content (AvgIpc) is 3.33. The van der Waals surface area contributed by atoms with Crippen LogP contribution in [0.4, 0.5) is 11.4 Å². The van der Waals surface area contributed by atoms with Gasteiger partial charge in [0.05, 0.1) is 36.3 Å². The Morgan fingerprint density at radius 1 is 0.645 bits per heavy atom. The van der Waals surface area contributed by atoms with E-state index in [4.69, 9.17) is 68.1 Å². The maximum Gasteiger partial charge on any atom is 0.269 e. The summed E-state index contributed by atoms with van der Waals surface area (Å²) in [6, 6.07) is 26.4. The van der Waals surface area contributed by atoms with Crippen molar-refractivity contribution in [3.63, 3.8) is 0 Å². The molecule has 3 aliphatic rings. The second-order valence-electron chi connectivity index (χ2n) is 16.0. The Bertz CT molecular complexity index is 3240. The zero-order valence-electron chi connectivity index (χ0n) is 43.1. The van der Waals surface area contributed by atoms with Crippen molar-refractivity contribution in [3.05, 3.63) is 191 Å². The summed E-state index contributed by atoms with van der Waals surface area (Å²) in [5, 5.41) is 43.2. The molecule has 0 saturated carbocycles. The van der Waals surface area contributed by atoms with Crippen molar-refractivity contribution in [1.82, 2.24) is 0 Å². The van der Waals surface area contributed by atoms with Crippen molar-refractivity contribution < 1.29 is 23.0 Å². The van der Waals surface area contributed by atoms with Gasteiger partial charge in [-0.1, -0.05) is 22.3 Å². The second-order valence-corrected chi connectivity index (χ2v) is 16.4. The van der Waals surface area contributed by atoms with Crippen molar-refractivity contribution in [3.8, 4) is 36.1 Å². The Hall–Kier alpha value is -9.12. The molecule has 0 fully saturated rings. The van der Waals surface area contributed by atoms with Crippen LogP contribution in [0.2, 0.25) is 0 Å². The van der Waals surface area contributed by atoms with Gasteiger partial charge in [0.2, 0.25) is 0 Å². The fourth-order valence-corrected chi connectivity index (χ4v) is 7.63. The van der Waals surface area contributed by atoms with Gasteiger partial charge in [-0.05, 0) is 166 Å². The molecular weight excluding hydrogens is 973 g/mol. The minimum absolute atomic E-state index is 0. The molecule has 0 aliphatic carbocycles. The zero-order valence-corrected chi connectivity index (χ0v) is 43.9. The lowest BCUT2D eigenvalue weighted by Gasteiger charge is -2.25. The van der Waals surface area contributed by atoms with Crippen LogP contribution in [-0.2, 0) is 9.47 Å². The topological polar surface area (TPSA) is 201 Å². The molecule has 3 aliphatic heterocycles. The largest absolute Gasteiger partial charge is 0.467 e. The van der Waals surface area contributed by atoms with Gasteiger partial charge in [-0.3, -0.25) is 4.79 Å². The summed E-state index contributed by atoms with van der Waals surface area (Å²) in [6.07, 6.45) is 10.5. The molecule has 0 saturated heterocycles. The molecule has 14 nitrogen and oxygen atoms in total. The van der Waals surface area contributed by atoms with E-state index in [2.05, 4.69) is 85.7 Å². The van der Waals surface area contributed by atoms with Gasteiger partial charge in [-0.15, -0.1) is 0 Å². The van der Waals surface area contributed by atoms with Crippen LogP contribution in [0.1, 0.15) is 107 Å². The van der Waals surface area contributed by atoms with E-state index in [0.717, 1.165) is 59.7 Å². The summed E-state index contributed by atoms with van der Waals surface area (Å²) in [5.74, 6) is 5.30. The number of ether oxygens (including phenoxy) is 3. The highest BCUT2D eigenvalue weighted by Gasteiger charge is 2.18. The normalized spacial score (nSPS) is 12.5. The van der Waals surface area contributed by atoms with Crippen LogP contribution in [0.3, 0.4) is 0 Å². The molecule has 2 aromatic heterocycles. The van der Waals surface area contributed by atoms with Crippen LogP contribution in [0.15, 0.2) is 156 Å². The maximum absolute atomic E-state index is 10.7. The Morgan fingerprint density at radius 2 is 1.17 bits per heavy atom. The summed E-state index contributed by atoms with van der Waals surface area (Å²) in [7, 11) is 0. The SMILES string of the molecule is C.C.C.CCN(CC)c1ccc2c(C)cc(=S)oc2c1.CCN(CC)c1ccc2c(c1)O/C(=C/C1=CC(=C(C#N)C#N)C=C(C)O1)C=C2C.Cc1cc(=O)cc(C)o1.N#CCC#N.[C-]#[N+]C(C#N)=C1C=C(C)OC(C)=C1. The van der Waals surface area contributed by atoms with E-state index in [1.54, 1.807) is 77.1 Å². The van der Waals surface area contributed by atoms with E-state index in [9.17, 15) is 4.79 Å². The van der Waals surface area contributed by atoms with E-state index in [-0.39, 0.29) is 45.4 Å². The first-order valence-corrected chi connectivity index (χ1v) is 23.6. The van der Waals surface area contributed by atoms with Crippen molar-refractivity contribution in [1.29, 1.82) is 26.3 Å². The van der Waals surface area contributed by atoms with Gasteiger partial charge in [0.25, 0.3) is 5.70 Å². The minimum Gasteiger partial charge on any atom is -0.467 e. The Kier molecular flexibility index (Phi) is 29.5. The Labute approximate surface area is 455 Å². The van der Waals surface area contributed by atoms with Gasteiger partial charge >= 0.3 is 0 Å². The monoisotopic (exact) mass is 1040 g/mol. The molecule has 0 radical (unpaired) electrons. The van der Waals surface area contributed by atoms with E-state index in [0.29, 0.717) is 56.2 Å².